The number of benzene rings is 3. The minimum absolute atomic E-state index is 0.677. The van der Waals surface area contributed by atoms with Crippen molar-refractivity contribution in [1.82, 2.24) is 9.55 Å². The Morgan fingerprint density at radius 2 is 1.56 bits per heavy atom. The zero-order chi connectivity index (χ0) is 17.2. The van der Waals surface area contributed by atoms with E-state index in [2.05, 4.69) is 35.8 Å². The summed E-state index contributed by atoms with van der Waals surface area (Å²) in [5, 5.41) is 10.9. The van der Waals surface area contributed by atoms with Gasteiger partial charge in [0.25, 0.3) is 0 Å². The van der Waals surface area contributed by atoms with Crippen LogP contribution in [0.1, 0.15) is 28.6 Å². The average molecular weight is 328 g/mol. The molecule has 4 aromatic rings. The van der Waals surface area contributed by atoms with Crippen LogP contribution in [0.3, 0.4) is 0 Å². The molecule has 0 radical (unpaired) electrons. The monoisotopic (exact) mass is 328 g/mol. The molecule has 3 nitrogen and oxygen atoms in total. The minimum atomic E-state index is -0.752. The van der Waals surface area contributed by atoms with E-state index < -0.39 is 6.10 Å². The molecule has 0 spiro atoms. The summed E-state index contributed by atoms with van der Waals surface area (Å²) in [5.74, 6) is 0.677. The second-order valence-electron chi connectivity index (χ2n) is 6.28. The highest BCUT2D eigenvalue weighted by Crippen LogP contribution is 2.27. The number of imidazole rings is 1. The second kappa shape index (κ2) is 6.54. The number of hydrogen-bond acceptors (Lipinski definition) is 2. The van der Waals surface area contributed by atoms with E-state index in [-0.39, 0.29) is 0 Å². The highest BCUT2D eigenvalue weighted by atomic mass is 16.3. The van der Waals surface area contributed by atoms with Crippen molar-refractivity contribution in [3.05, 3.63) is 101 Å². The Kier molecular flexibility index (Phi) is 4.08. The lowest BCUT2D eigenvalue weighted by atomic mass is 10.1. The first kappa shape index (κ1) is 15.6. The van der Waals surface area contributed by atoms with E-state index in [1.54, 1.807) is 0 Å². The van der Waals surface area contributed by atoms with Gasteiger partial charge in [0, 0.05) is 6.54 Å². The fourth-order valence-electron chi connectivity index (χ4n) is 3.21. The van der Waals surface area contributed by atoms with Gasteiger partial charge in [-0.25, -0.2) is 4.98 Å². The first-order valence-electron chi connectivity index (χ1n) is 8.47. The maximum atomic E-state index is 10.9. The summed E-state index contributed by atoms with van der Waals surface area (Å²) in [6.45, 7) is 2.80. The third-order valence-corrected chi connectivity index (χ3v) is 4.63. The highest BCUT2D eigenvalue weighted by Gasteiger charge is 2.20. The number of aryl methyl sites for hydroxylation is 1. The molecule has 0 fully saturated rings. The third-order valence-electron chi connectivity index (χ3n) is 4.63. The number of rotatable bonds is 4. The smallest absolute Gasteiger partial charge is 0.143 e. The summed E-state index contributed by atoms with van der Waals surface area (Å²) >= 11 is 0. The summed E-state index contributed by atoms with van der Waals surface area (Å²) in [6, 6.07) is 26.1. The third kappa shape index (κ3) is 2.94. The predicted octanol–water partition coefficient (Wildman–Crippen LogP) is 4.47. The SMILES string of the molecule is Cc1ccccc1Cn1c([C@H](O)c2ccccc2)nc2ccccc21. The number of nitrogens with zero attached hydrogens (tertiary/aromatic N) is 2. The second-order valence-corrected chi connectivity index (χ2v) is 6.28. The zero-order valence-corrected chi connectivity index (χ0v) is 14.1. The van der Waals surface area contributed by atoms with Crippen LogP contribution in [0.15, 0.2) is 78.9 Å². The van der Waals surface area contributed by atoms with Crippen molar-refractivity contribution in [1.29, 1.82) is 0 Å². The van der Waals surface area contributed by atoms with Crippen molar-refractivity contribution in [3.63, 3.8) is 0 Å². The van der Waals surface area contributed by atoms with Gasteiger partial charge in [-0.3, -0.25) is 0 Å². The molecule has 124 valence electrons. The normalized spacial score (nSPS) is 12.4. The largest absolute Gasteiger partial charge is 0.380 e. The van der Waals surface area contributed by atoms with Crippen LogP contribution >= 0.6 is 0 Å². The molecule has 0 aliphatic rings. The molecule has 1 N–H and O–H groups in total. The van der Waals surface area contributed by atoms with Crippen molar-refractivity contribution in [2.24, 2.45) is 0 Å². The summed E-state index contributed by atoms with van der Waals surface area (Å²) in [7, 11) is 0. The first-order chi connectivity index (χ1) is 12.2. The van der Waals surface area contributed by atoms with E-state index in [1.807, 2.05) is 54.6 Å². The van der Waals surface area contributed by atoms with Crippen LogP contribution in [-0.2, 0) is 6.54 Å². The van der Waals surface area contributed by atoms with Crippen molar-refractivity contribution in [2.75, 3.05) is 0 Å². The number of aromatic nitrogens is 2. The molecular formula is C22H20N2O. The standard InChI is InChI=1S/C22H20N2O/c1-16-9-5-6-12-18(16)15-24-20-14-8-7-13-19(20)23-22(24)21(25)17-10-3-2-4-11-17/h2-14,21,25H,15H2,1H3/t21-/m1/s1. The molecule has 0 saturated carbocycles. The Balaban J connectivity index is 1.85. The van der Waals surface area contributed by atoms with Crippen LogP contribution in [-0.4, -0.2) is 14.7 Å². The zero-order valence-electron chi connectivity index (χ0n) is 14.1. The lowest BCUT2D eigenvalue weighted by Crippen LogP contribution is -2.11. The van der Waals surface area contributed by atoms with E-state index in [4.69, 9.17) is 4.98 Å². The predicted molar refractivity (Wildman–Crippen MR) is 101 cm³/mol. The number of para-hydroxylation sites is 2. The van der Waals surface area contributed by atoms with Crippen molar-refractivity contribution in [2.45, 2.75) is 19.6 Å². The molecule has 1 aromatic heterocycles. The number of aliphatic hydroxyl groups is 1. The van der Waals surface area contributed by atoms with Gasteiger partial charge in [0.2, 0.25) is 0 Å². The van der Waals surface area contributed by atoms with Gasteiger partial charge in [-0.05, 0) is 35.7 Å². The molecule has 3 aromatic carbocycles. The summed E-state index contributed by atoms with van der Waals surface area (Å²) in [5.41, 5.74) is 5.26. The van der Waals surface area contributed by atoms with Gasteiger partial charge in [0.15, 0.2) is 0 Å². The van der Waals surface area contributed by atoms with Crippen molar-refractivity contribution >= 4 is 11.0 Å². The molecule has 0 saturated heterocycles. The lowest BCUT2D eigenvalue weighted by molar-refractivity contribution is 0.206. The van der Waals surface area contributed by atoms with E-state index in [1.165, 1.54) is 11.1 Å². The first-order valence-corrected chi connectivity index (χ1v) is 8.47. The van der Waals surface area contributed by atoms with Crippen LogP contribution in [0.4, 0.5) is 0 Å². The molecule has 1 atom stereocenters. The summed E-state index contributed by atoms with van der Waals surface area (Å²) in [4.78, 5) is 4.73. The lowest BCUT2D eigenvalue weighted by Gasteiger charge is -2.15. The molecule has 0 amide bonds. The van der Waals surface area contributed by atoms with Crippen LogP contribution in [0.25, 0.3) is 11.0 Å². The van der Waals surface area contributed by atoms with Crippen LogP contribution in [0.5, 0.6) is 0 Å². The molecule has 0 bridgehead atoms. The molecule has 0 aliphatic carbocycles. The fraction of sp³-hybridized carbons (Fsp3) is 0.136. The van der Waals surface area contributed by atoms with Gasteiger partial charge in [0.1, 0.15) is 11.9 Å². The molecular weight excluding hydrogens is 308 g/mol. The Bertz CT molecular complexity index is 1000. The molecule has 3 heteroatoms. The van der Waals surface area contributed by atoms with Gasteiger partial charge in [-0.15, -0.1) is 0 Å². The molecule has 4 rings (SSSR count). The highest BCUT2D eigenvalue weighted by molar-refractivity contribution is 5.76. The Labute approximate surface area is 147 Å². The van der Waals surface area contributed by atoms with Gasteiger partial charge in [-0.1, -0.05) is 66.7 Å². The number of hydrogen-bond donors (Lipinski definition) is 1. The average Bonchev–Trinajstić information content (AvgIpc) is 3.02. The summed E-state index contributed by atoms with van der Waals surface area (Å²) < 4.78 is 2.12. The minimum Gasteiger partial charge on any atom is -0.380 e. The molecule has 0 aliphatic heterocycles. The van der Waals surface area contributed by atoms with Crippen molar-refractivity contribution in [3.8, 4) is 0 Å². The maximum absolute atomic E-state index is 10.9. The van der Waals surface area contributed by atoms with Gasteiger partial charge in [0.05, 0.1) is 11.0 Å². The van der Waals surface area contributed by atoms with Gasteiger partial charge < -0.3 is 9.67 Å². The Morgan fingerprint density at radius 3 is 2.36 bits per heavy atom. The topological polar surface area (TPSA) is 38.0 Å². The quantitative estimate of drug-likeness (QED) is 0.600. The molecule has 0 unspecified atom stereocenters. The van der Waals surface area contributed by atoms with E-state index in [0.29, 0.717) is 12.4 Å². The van der Waals surface area contributed by atoms with Crippen molar-refractivity contribution < 1.29 is 5.11 Å². The van der Waals surface area contributed by atoms with E-state index in [9.17, 15) is 5.11 Å². The van der Waals surface area contributed by atoms with Crippen LogP contribution in [0, 0.1) is 6.92 Å². The number of aliphatic hydroxyl groups excluding tert-OH is 1. The van der Waals surface area contributed by atoms with Crippen LogP contribution in [0.2, 0.25) is 0 Å². The summed E-state index contributed by atoms with van der Waals surface area (Å²) in [6.07, 6.45) is -0.752. The van der Waals surface area contributed by atoms with Gasteiger partial charge >= 0.3 is 0 Å². The Hall–Kier alpha value is -2.91. The van der Waals surface area contributed by atoms with E-state index >= 15 is 0 Å². The Morgan fingerprint density at radius 1 is 0.880 bits per heavy atom. The number of fused-ring (bicyclic) bond motifs is 1. The molecule has 1 heterocycles. The molecule has 25 heavy (non-hydrogen) atoms. The van der Waals surface area contributed by atoms with Gasteiger partial charge in [-0.2, -0.15) is 0 Å². The van der Waals surface area contributed by atoms with Crippen LogP contribution < -0.4 is 0 Å². The fourth-order valence-corrected chi connectivity index (χ4v) is 3.21. The maximum Gasteiger partial charge on any atom is 0.143 e. The van der Waals surface area contributed by atoms with E-state index in [0.717, 1.165) is 16.6 Å².